The molecule has 0 saturated carbocycles. The molecule has 92 valence electrons. The fraction of sp³-hybridized carbons (Fsp3) is 0.444. The van der Waals surface area contributed by atoms with Crippen LogP contribution < -0.4 is 5.73 Å². The van der Waals surface area contributed by atoms with Crippen molar-refractivity contribution in [2.75, 3.05) is 17.2 Å². The molecule has 2 rings (SSSR count). The number of nitrogens with zero attached hydrogens (tertiary/aromatic N) is 4. The molecular weight excluding hydrogens is 242 g/mol. The van der Waals surface area contributed by atoms with E-state index in [2.05, 4.69) is 15.1 Å². The molecule has 8 heteroatoms. The molecule has 0 aliphatic carbocycles. The lowest BCUT2D eigenvalue weighted by Crippen LogP contribution is -2.15. The Labute approximate surface area is 98.6 Å². The Balaban J connectivity index is 2.29. The number of aryl methyl sites for hydroxylation is 1. The van der Waals surface area contributed by atoms with Gasteiger partial charge in [-0.25, -0.2) is 23.1 Å². The van der Waals surface area contributed by atoms with E-state index in [1.807, 2.05) is 0 Å². The Kier molecular flexibility index (Phi) is 2.97. The highest BCUT2D eigenvalue weighted by Gasteiger charge is 2.11. The molecule has 0 aromatic carbocycles. The maximum Gasteiger partial charge on any atom is 0.163 e. The van der Waals surface area contributed by atoms with Crippen LogP contribution in [-0.4, -0.2) is 39.7 Å². The average Bonchev–Trinajstić information content (AvgIpc) is 2.71. The third kappa shape index (κ3) is 2.36. The summed E-state index contributed by atoms with van der Waals surface area (Å²) in [6, 6.07) is 0. The van der Waals surface area contributed by atoms with E-state index in [1.54, 1.807) is 13.1 Å². The van der Waals surface area contributed by atoms with E-state index in [0.29, 0.717) is 16.9 Å². The topological polar surface area (TPSA) is 104 Å². The smallest absolute Gasteiger partial charge is 0.163 e. The summed E-state index contributed by atoms with van der Waals surface area (Å²) in [5.74, 6) is 0.521. The van der Waals surface area contributed by atoms with E-state index in [0.717, 1.165) is 0 Å². The number of sulfone groups is 1. The monoisotopic (exact) mass is 255 g/mol. The van der Waals surface area contributed by atoms with E-state index >= 15 is 0 Å². The van der Waals surface area contributed by atoms with Crippen molar-refractivity contribution in [3.63, 3.8) is 0 Å². The molecule has 17 heavy (non-hydrogen) atoms. The highest BCUT2D eigenvalue weighted by molar-refractivity contribution is 7.91. The van der Waals surface area contributed by atoms with E-state index in [1.165, 1.54) is 11.0 Å². The van der Waals surface area contributed by atoms with Crippen LogP contribution >= 0.6 is 0 Å². The highest BCUT2D eigenvalue weighted by atomic mass is 32.2. The molecule has 0 aliphatic rings. The zero-order chi connectivity index (χ0) is 12.5. The van der Waals surface area contributed by atoms with Crippen LogP contribution in [0.4, 0.5) is 5.82 Å². The average molecular weight is 255 g/mol. The molecule has 2 heterocycles. The van der Waals surface area contributed by atoms with Crippen LogP contribution in [-0.2, 0) is 16.4 Å². The number of hydrogen-bond donors (Lipinski definition) is 1. The zero-order valence-electron chi connectivity index (χ0n) is 9.37. The minimum atomic E-state index is -3.01. The Hall–Kier alpha value is -1.70. The van der Waals surface area contributed by atoms with Crippen LogP contribution in [0.3, 0.4) is 0 Å². The predicted molar refractivity (Wildman–Crippen MR) is 64.1 cm³/mol. The van der Waals surface area contributed by atoms with Crippen LogP contribution in [0.15, 0.2) is 12.5 Å². The molecule has 7 nitrogen and oxygen atoms in total. The van der Waals surface area contributed by atoms with Gasteiger partial charge >= 0.3 is 0 Å². The van der Waals surface area contributed by atoms with Gasteiger partial charge in [-0.15, -0.1) is 0 Å². The first kappa shape index (κ1) is 11.8. The molecule has 0 spiro atoms. The SMILES string of the molecule is CCS(=O)(=O)CCn1ncc2c(N)ncnc21. The van der Waals surface area contributed by atoms with Crippen molar-refractivity contribution >= 4 is 26.7 Å². The Morgan fingerprint density at radius 3 is 2.88 bits per heavy atom. The standard InChI is InChI=1S/C9H13N5O2S/c1-2-17(15,16)4-3-14-9-7(5-13-14)8(10)11-6-12-9/h5-6H,2-4H2,1H3,(H2,10,11,12). The number of hydrogen-bond acceptors (Lipinski definition) is 6. The largest absolute Gasteiger partial charge is 0.383 e. The summed E-state index contributed by atoms with van der Waals surface area (Å²) < 4.78 is 24.3. The maximum absolute atomic E-state index is 11.4. The minimum Gasteiger partial charge on any atom is -0.383 e. The third-order valence-electron chi connectivity index (χ3n) is 2.52. The molecule has 0 aliphatic heterocycles. The lowest BCUT2D eigenvalue weighted by atomic mass is 10.4. The van der Waals surface area contributed by atoms with Gasteiger partial charge in [0.2, 0.25) is 0 Å². The predicted octanol–water partition coefficient (Wildman–Crippen LogP) is -0.157. The fourth-order valence-electron chi connectivity index (χ4n) is 1.44. The molecule has 0 atom stereocenters. The van der Waals surface area contributed by atoms with Gasteiger partial charge in [0.15, 0.2) is 15.5 Å². The first-order chi connectivity index (χ1) is 8.03. The van der Waals surface area contributed by atoms with E-state index in [9.17, 15) is 8.42 Å². The first-order valence-electron chi connectivity index (χ1n) is 5.16. The number of anilines is 1. The number of fused-ring (bicyclic) bond motifs is 1. The van der Waals surface area contributed by atoms with Gasteiger partial charge in [-0.05, 0) is 0 Å². The van der Waals surface area contributed by atoms with Crippen LogP contribution in [0.25, 0.3) is 11.0 Å². The van der Waals surface area contributed by atoms with E-state index in [4.69, 9.17) is 5.73 Å². The van der Waals surface area contributed by atoms with Crippen molar-refractivity contribution in [2.24, 2.45) is 0 Å². The summed E-state index contributed by atoms with van der Waals surface area (Å²) >= 11 is 0. The zero-order valence-corrected chi connectivity index (χ0v) is 10.2. The minimum absolute atomic E-state index is 0.0458. The molecule has 0 bridgehead atoms. The van der Waals surface area contributed by atoms with Gasteiger partial charge in [-0.2, -0.15) is 5.10 Å². The summed E-state index contributed by atoms with van der Waals surface area (Å²) in [5.41, 5.74) is 6.21. The lowest BCUT2D eigenvalue weighted by Gasteiger charge is -2.03. The van der Waals surface area contributed by atoms with Crippen LogP contribution in [0.5, 0.6) is 0 Å². The van der Waals surface area contributed by atoms with Gasteiger partial charge in [0, 0.05) is 5.75 Å². The summed E-state index contributed by atoms with van der Waals surface area (Å²) in [5, 5.41) is 4.70. The third-order valence-corrected chi connectivity index (χ3v) is 4.20. The number of aromatic nitrogens is 4. The van der Waals surface area contributed by atoms with E-state index < -0.39 is 9.84 Å². The van der Waals surface area contributed by atoms with Gasteiger partial charge in [-0.1, -0.05) is 6.92 Å². The van der Waals surface area contributed by atoms with Crippen LogP contribution in [0.1, 0.15) is 6.92 Å². The van der Waals surface area contributed by atoms with Gasteiger partial charge in [-0.3, -0.25) is 0 Å². The van der Waals surface area contributed by atoms with Crippen molar-refractivity contribution in [1.82, 2.24) is 19.7 Å². The summed E-state index contributed by atoms with van der Waals surface area (Å²) in [6.07, 6.45) is 2.88. The normalized spacial score (nSPS) is 12.1. The summed E-state index contributed by atoms with van der Waals surface area (Å²) in [7, 11) is -3.01. The second-order valence-electron chi connectivity index (χ2n) is 3.60. The fourth-order valence-corrected chi connectivity index (χ4v) is 2.18. The lowest BCUT2D eigenvalue weighted by molar-refractivity contribution is 0.584. The van der Waals surface area contributed by atoms with Crippen LogP contribution in [0, 0.1) is 0 Å². The van der Waals surface area contributed by atoms with Gasteiger partial charge in [0.25, 0.3) is 0 Å². The number of nitrogen functional groups attached to an aromatic ring is 1. The van der Waals surface area contributed by atoms with Gasteiger partial charge < -0.3 is 5.73 Å². The summed E-state index contributed by atoms with van der Waals surface area (Å²) in [6.45, 7) is 1.90. The quantitative estimate of drug-likeness (QED) is 0.814. The molecule has 2 aromatic heterocycles. The molecule has 2 N–H and O–H groups in total. The molecule has 0 saturated heterocycles. The second kappa shape index (κ2) is 4.28. The maximum atomic E-state index is 11.4. The van der Waals surface area contributed by atoms with Gasteiger partial charge in [0.05, 0.1) is 23.9 Å². The summed E-state index contributed by atoms with van der Waals surface area (Å²) in [4.78, 5) is 7.88. The van der Waals surface area contributed by atoms with E-state index in [-0.39, 0.29) is 18.1 Å². The molecule has 2 aromatic rings. The van der Waals surface area contributed by atoms with Crippen molar-refractivity contribution in [3.8, 4) is 0 Å². The Morgan fingerprint density at radius 1 is 1.41 bits per heavy atom. The molecule has 0 unspecified atom stereocenters. The van der Waals surface area contributed by atoms with Crippen molar-refractivity contribution in [3.05, 3.63) is 12.5 Å². The Morgan fingerprint density at radius 2 is 2.18 bits per heavy atom. The molecule has 0 radical (unpaired) electrons. The Bertz CT molecular complexity index is 634. The number of nitrogens with two attached hydrogens (primary N) is 1. The first-order valence-corrected chi connectivity index (χ1v) is 6.98. The van der Waals surface area contributed by atoms with Crippen molar-refractivity contribution < 1.29 is 8.42 Å². The van der Waals surface area contributed by atoms with Crippen molar-refractivity contribution in [2.45, 2.75) is 13.5 Å². The number of rotatable bonds is 4. The molecular formula is C9H13N5O2S. The van der Waals surface area contributed by atoms with Crippen molar-refractivity contribution in [1.29, 1.82) is 0 Å². The van der Waals surface area contributed by atoms with Gasteiger partial charge in [0.1, 0.15) is 12.1 Å². The highest BCUT2D eigenvalue weighted by Crippen LogP contribution is 2.15. The van der Waals surface area contributed by atoms with Crippen LogP contribution in [0.2, 0.25) is 0 Å². The second-order valence-corrected chi connectivity index (χ2v) is 6.07. The molecule has 0 fully saturated rings. The molecule has 0 amide bonds.